The molecule has 35 heavy (non-hydrogen) atoms. The third-order valence-electron chi connectivity index (χ3n) is 6.18. The van der Waals surface area contributed by atoms with Gasteiger partial charge in [-0.3, -0.25) is 9.88 Å². The minimum atomic E-state index is -0.689. The van der Waals surface area contributed by atoms with Gasteiger partial charge in [-0.25, -0.2) is 0 Å². The molecule has 0 unspecified atom stereocenters. The molecular formula is C27H29ClN4O3. The summed E-state index contributed by atoms with van der Waals surface area (Å²) in [6.45, 7) is 4.58. The largest absolute Gasteiger partial charge is 0.491 e. The van der Waals surface area contributed by atoms with E-state index in [1.165, 1.54) is 0 Å². The molecular weight excluding hydrogens is 464 g/mol. The minimum Gasteiger partial charge on any atom is -0.491 e. The zero-order chi connectivity index (χ0) is 24.8. The average Bonchev–Trinajstić information content (AvgIpc) is 2.88. The van der Waals surface area contributed by atoms with Gasteiger partial charge in [0.25, 0.3) is 0 Å². The Hall–Kier alpha value is -3.15. The summed E-state index contributed by atoms with van der Waals surface area (Å²) in [6, 6.07) is 19.3. The lowest BCUT2D eigenvalue weighted by Crippen LogP contribution is -2.49. The second-order valence-corrected chi connectivity index (χ2v) is 9.10. The monoisotopic (exact) mass is 492 g/mol. The van der Waals surface area contributed by atoms with Crippen molar-refractivity contribution in [1.29, 1.82) is 5.26 Å². The maximum atomic E-state index is 10.8. The number of anilines is 1. The fourth-order valence-electron chi connectivity index (χ4n) is 4.39. The summed E-state index contributed by atoms with van der Waals surface area (Å²) in [5, 5.41) is 30.4. The third-order valence-corrected chi connectivity index (χ3v) is 6.44. The molecule has 8 heteroatoms. The summed E-state index contributed by atoms with van der Waals surface area (Å²) in [5.41, 5.74) is 4.12. The Morgan fingerprint density at radius 3 is 2.66 bits per heavy atom. The van der Waals surface area contributed by atoms with E-state index in [9.17, 15) is 10.4 Å². The van der Waals surface area contributed by atoms with Crippen LogP contribution >= 0.6 is 11.6 Å². The molecule has 2 heterocycles. The van der Waals surface area contributed by atoms with Crippen molar-refractivity contribution < 1.29 is 14.9 Å². The normalized spacial score (nSPS) is 17.1. The molecule has 2 atom stereocenters. The number of benzene rings is 2. The number of β-amino-alcohol motifs (C(OH)–C–C–N with tert-alkyl or cyclic N) is 1. The third kappa shape index (κ3) is 6.11. The van der Waals surface area contributed by atoms with Crippen LogP contribution in [0.25, 0.3) is 0 Å². The van der Waals surface area contributed by atoms with Crippen molar-refractivity contribution >= 4 is 17.3 Å². The van der Waals surface area contributed by atoms with Crippen LogP contribution in [0.15, 0.2) is 60.8 Å². The van der Waals surface area contributed by atoms with Crippen LogP contribution < -0.4 is 9.64 Å². The summed E-state index contributed by atoms with van der Waals surface area (Å²) >= 11 is 6.15. The van der Waals surface area contributed by atoms with Crippen molar-refractivity contribution in [2.24, 2.45) is 0 Å². The molecule has 1 saturated heterocycles. The second-order valence-electron chi connectivity index (χ2n) is 8.66. The molecule has 7 nitrogen and oxygen atoms in total. The number of piperazine rings is 1. The molecule has 0 aliphatic carbocycles. The molecule has 3 aromatic rings. The summed E-state index contributed by atoms with van der Waals surface area (Å²) in [5.74, 6) is 0.551. The van der Waals surface area contributed by atoms with Crippen LogP contribution in [0.3, 0.4) is 0 Å². The molecule has 1 aliphatic heterocycles. The van der Waals surface area contributed by atoms with Gasteiger partial charge in [0.05, 0.1) is 29.6 Å². The Labute approximate surface area is 210 Å². The van der Waals surface area contributed by atoms with Gasteiger partial charge in [-0.15, -0.1) is 0 Å². The van der Waals surface area contributed by atoms with E-state index in [0.29, 0.717) is 41.7 Å². The van der Waals surface area contributed by atoms with Crippen LogP contribution in [0.4, 0.5) is 5.69 Å². The molecule has 0 radical (unpaired) electrons. The van der Waals surface area contributed by atoms with Crippen LogP contribution in [0.1, 0.15) is 34.5 Å². The number of nitriles is 1. The molecule has 182 valence electrons. The first-order valence-corrected chi connectivity index (χ1v) is 12.0. The minimum absolute atomic E-state index is 0.0458. The van der Waals surface area contributed by atoms with Gasteiger partial charge in [0.15, 0.2) is 0 Å². The van der Waals surface area contributed by atoms with Crippen LogP contribution in [0.2, 0.25) is 5.02 Å². The lowest BCUT2D eigenvalue weighted by Gasteiger charge is -2.44. The van der Waals surface area contributed by atoms with Crippen molar-refractivity contribution in [2.75, 3.05) is 44.3 Å². The number of pyridine rings is 1. The SMILES string of the molecule is Cc1ccc([C@H](O)CN2CCN(c3ccc(OCCO)cc3C#N)[C@H](c3ccc(Cl)cc3)C2)nc1. The lowest BCUT2D eigenvalue weighted by molar-refractivity contribution is 0.0975. The van der Waals surface area contributed by atoms with Crippen molar-refractivity contribution in [3.05, 3.63) is 88.2 Å². The first-order valence-electron chi connectivity index (χ1n) is 11.6. The molecule has 2 N–H and O–H groups in total. The summed E-state index contributed by atoms with van der Waals surface area (Å²) < 4.78 is 5.50. The Morgan fingerprint density at radius 1 is 1.17 bits per heavy atom. The average molecular weight is 493 g/mol. The van der Waals surface area contributed by atoms with E-state index in [2.05, 4.69) is 20.9 Å². The maximum Gasteiger partial charge on any atom is 0.120 e. The number of hydrogen-bond acceptors (Lipinski definition) is 7. The van der Waals surface area contributed by atoms with Gasteiger partial charge in [0, 0.05) is 37.4 Å². The van der Waals surface area contributed by atoms with E-state index in [4.69, 9.17) is 21.4 Å². The smallest absolute Gasteiger partial charge is 0.120 e. The van der Waals surface area contributed by atoms with E-state index in [1.807, 2.05) is 55.5 Å². The van der Waals surface area contributed by atoms with Gasteiger partial charge in [0.2, 0.25) is 0 Å². The van der Waals surface area contributed by atoms with Gasteiger partial charge in [-0.1, -0.05) is 29.8 Å². The highest BCUT2D eigenvalue weighted by atomic mass is 35.5. The fraction of sp³-hybridized carbons (Fsp3) is 0.333. The summed E-state index contributed by atoms with van der Waals surface area (Å²) in [6.07, 6.45) is 1.08. The van der Waals surface area contributed by atoms with Crippen LogP contribution in [0, 0.1) is 18.3 Å². The Morgan fingerprint density at radius 2 is 1.97 bits per heavy atom. The Balaban J connectivity index is 1.59. The highest BCUT2D eigenvalue weighted by Crippen LogP contribution is 2.35. The van der Waals surface area contributed by atoms with Gasteiger partial charge >= 0.3 is 0 Å². The van der Waals surface area contributed by atoms with Crippen LogP contribution in [-0.2, 0) is 0 Å². The van der Waals surface area contributed by atoms with E-state index in [0.717, 1.165) is 23.4 Å². The first kappa shape index (κ1) is 25.0. The number of aromatic nitrogens is 1. The van der Waals surface area contributed by atoms with Gasteiger partial charge < -0.3 is 19.8 Å². The predicted molar refractivity (Wildman–Crippen MR) is 136 cm³/mol. The zero-order valence-corrected chi connectivity index (χ0v) is 20.4. The number of halogens is 1. The number of ether oxygens (including phenoxy) is 1. The van der Waals surface area contributed by atoms with E-state index in [-0.39, 0.29) is 19.3 Å². The van der Waals surface area contributed by atoms with E-state index in [1.54, 1.807) is 12.3 Å². The van der Waals surface area contributed by atoms with Gasteiger partial charge in [-0.2, -0.15) is 5.26 Å². The molecule has 0 spiro atoms. The van der Waals surface area contributed by atoms with Gasteiger partial charge in [0.1, 0.15) is 24.5 Å². The first-order chi connectivity index (χ1) is 17.0. The van der Waals surface area contributed by atoms with Crippen molar-refractivity contribution in [2.45, 2.75) is 19.1 Å². The number of hydrogen-bond donors (Lipinski definition) is 2. The molecule has 1 fully saturated rings. The highest BCUT2D eigenvalue weighted by molar-refractivity contribution is 6.30. The number of nitrogens with zero attached hydrogens (tertiary/aromatic N) is 4. The molecule has 1 aliphatic rings. The number of rotatable bonds is 8. The quantitative estimate of drug-likeness (QED) is 0.493. The molecule has 1 aromatic heterocycles. The van der Waals surface area contributed by atoms with Crippen LogP contribution in [-0.4, -0.2) is 59.5 Å². The topological polar surface area (TPSA) is 92.9 Å². The zero-order valence-electron chi connectivity index (χ0n) is 19.6. The van der Waals surface area contributed by atoms with Crippen molar-refractivity contribution in [3.8, 4) is 11.8 Å². The summed E-state index contributed by atoms with van der Waals surface area (Å²) in [4.78, 5) is 8.84. The van der Waals surface area contributed by atoms with Crippen molar-refractivity contribution in [1.82, 2.24) is 9.88 Å². The Bertz CT molecular complexity index is 1160. The predicted octanol–water partition coefficient (Wildman–Crippen LogP) is 3.88. The molecule has 0 saturated carbocycles. The van der Waals surface area contributed by atoms with Gasteiger partial charge in [-0.05, 0) is 54.4 Å². The van der Waals surface area contributed by atoms with E-state index >= 15 is 0 Å². The number of aryl methyl sites for hydroxylation is 1. The fourth-order valence-corrected chi connectivity index (χ4v) is 4.51. The second kappa shape index (κ2) is 11.5. The number of aliphatic hydroxyl groups excluding tert-OH is 2. The van der Waals surface area contributed by atoms with Crippen molar-refractivity contribution in [3.63, 3.8) is 0 Å². The number of aliphatic hydroxyl groups is 2. The van der Waals surface area contributed by atoms with Crippen LogP contribution in [0.5, 0.6) is 5.75 Å². The molecule has 4 rings (SSSR count). The van der Waals surface area contributed by atoms with E-state index < -0.39 is 6.10 Å². The lowest BCUT2D eigenvalue weighted by atomic mass is 9.99. The highest BCUT2D eigenvalue weighted by Gasteiger charge is 2.31. The molecule has 0 bridgehead atoms. The standard InChI is InChI=1S/C27H29ClN4O3/c1-19-2-8-24(30-16-19)27(34)18-31-10-11-32(26(17-31)20-3-5-22(28)6-4-20)25-9-7-23(35-13-12-33)14-21(25)15-29/h2-9,14,16,26-27,33-34H,10-13,17-18H2,1H3/t26-,27+/m0/s1. The molecule has 0 amide bonds. The molecule has 2 aromatic carbocycles. The maximum absolute atomic E-state index is 10.8. The Kier molecular flexibility index (Phi) is 8.21. The summed E-state index contributed by atoms with van der Waals surface area (Å²) in [7, 11) is 0.